The van der Waals surface area contributed by atoms with Gasteiger partial charge in [-0.3, -0.25) is 5.32 Å². The van der Waals surface area contributed by atoms with Gasteiger partial charge in [0.15, 0.2) is 0 Å². The molecular formula is C15H15ClN2O5. The Morgan fingerprint density at radius 2 is 2.00 bits per heavy atom. The van der Waals surface area contributed by atoms with Crippen LogP contribution in [0.25, 0.3) is 11.3 Å². The summed E-state index contributed by atoms with van der Waals surface area (Å²) in [5.41, 5.74) is 0.603. The highest BCUT2D eigenvalue weighted by atomic mass is 35.5. The van der Waals surface area contributed by atoms with Crippen molar-refractivity contribution in [3.05, 3.63) is 35.0 Å². The summed E-state index contributed by atoms with van der Waals surface area (Å²) in [6, 6.07) is 5.97. The van der Waals surface area contributed by atoms with Crippen molar-refractivity contribution < 1.29 is 24.0 Å². The molecule has 0 fully saturated rings. The second-order valence-corrected chi connectivity index (χ2v) is 6.11. The SMILES string of the molecule is CC(C)(C)OC(=O)Nc1ccc(-c2cc(C(=O)O)on2)c(Cl)c1. The quantitative estimate of drug-likeness (QED) is 0.875. The van der Waals surface area contributed by atoms with E-state index in [2.05, 4.69) is 15.0 Å². The zero-order chi connectivity index (χ0) is 17.2. The van der Waals surface area contributed by atoms with Gasteiger partial charge in [0, 0.05) is 17.3 Å². The maximum Gasteiger partial charge on any atom is 0.412 e. The molecule has 2 N–H and O–H groups in total. The maximum atomic E-state index is 11.7. The number of hydrogen-bond donors (Lipinski definition) is 2. The van der Waals surface area contributed by atoms with Gasteiger partial charge in [0.25, 0.3) is 0 Å². The smallest absolute Gasteiger partial charge is 0.412 e. The number of anilines is 1. The Balaban J connectivity index is 2.17. The fourth-order valence-electron chi connectivity index (χ4n) is 1.72. The van der Waals surface area contributed by atoms with Gasteiger partial charge in [-0.1, -0.05) is 16.8 Å². The average Bonchev–Trinajstić information content (AvgIpc) is 2.85. The van der Waals surface area contributed by atoms with Crippen molar-refractivity contribution in [1.29, 1.82) is 0 Å². The van der Waals surface area contributed by atoms with Gasteiger partial charge in [-0.05, 0) is 39.0 Å². The first-order chi connectivity index (χ1) is 10.7. The highest BCUT2D eigenvalue weighted by molar-refractivity contribution is 6.33. The first kappa shape index (κ1) is 16.8. The van der Waals surface area contributed by atoms with Crippen LogP contribution in [-0.2, 0) is 4.74 Å². The van der Waals surface area contributed by atoms with Gasteiger partial charge < -0.3 is 14.4 Å². The summed E-state index contributed by atoms with van der Waals surface area (Å²) in [5, 5.41) is 15.3. The Morgan fingerprint density at radius 3 is 2.52 bits per heavy atom. The predicted octanol–water partition coefficient (Wildman–Crippen LogP) is 4.04. The lowest BCUT2D eigenvalue weighted by atomic mass is 10.1. The molecule has 0 bridgehead atoms. The zero-order valence-electron chi connectivity index (χ0n) is 12.7. The van der Waals surface area contributed by atoms with Crippen molar-refractivity contribution in [2.45, 2.75) is 26.4 Å². The summed E-state index contributed by atoms with van der Waals surface area (Å²) in [6.45, 7) is 5.27. The molecule has 0 radical (unpaired) electrons. The van der Waals surface area contributed by atoms with E-state index in [0.717, 1.165) is 0 Å². The topological polar surface area (TPSA) is 102 Å². The molecule has 23 heavy (non-hydrogen) atoms. The summed E-state index contributed by atoms with van der Waals surface area (Å²) in [4.78, 5) is 22.5. The summed E-state index contributed by atoms with van der Waals surface area (Å²) >= 11 is 6.15. The monoisotopic (exact) mass is 338 g/mol. The molecular weight excluding hydrogens is 324 g/mol. The molecule has 1 heterocycles. The van der Waals surface area contributed by atoms with Crippen LogP contribution in [0.15, 0.2) is 28.8 Å². The number of aromatic carboxylic acids is 1. The van der Waals surface area contributed by atoms with Crippen LogP contribution in [0.1, 0.15) is 31.3 Å². The van der Waals surface area contributed by atoms with Gasteiger partial charge >= 0.3 is 12.1 Å². The number of carboxylic acid groups (broad SMARTS) is 1. The highest BCUT2D eigenvalue weighted by Crippen LogP contribution is 2.30. The summed E-state index contributed by atoms with van der Waals surface area (Å²) < 4.78 is 9.83. The third-order valence-corrected chi connectivity index (χ3v) is 2.92. The summed E-state index contributed by atoms with van der Waals surface area (Å²) in [6.07, 6.45) is -0.601. The van der Waals surface area contributed by atoms with Crippen molar-refractivity contribution in [2.24, 2.45) is 0 Å². The Kier molecular flexibility index (Phi) is 4.60. The molecule has 2 aromatic rings. The first-order valence-electron chi connectivity index (χ1n) is 6.65. The zero-order valence-corrected chi connectivity index (χ0v) is 13.5. The van der Waals surface area contributed by atoms with E-state index < -0.39 is 17.7 Å². The third-order valence-electron chi connectivity index (χ3n) is 2.61. The van der Waals surface area contributed by atoms with E-state index >= 15 is 0 Å². The van der Waals surface area contributed by atoms with Crippen LogP contribution in [0.4, 0.5) is 10.5 Å². The van der Waals surface area contributed by atoms with Gasteiger partial charge in [-0.2, -0.15) is 0 Å². The van der Waals surface area contributed by atoms with Gasteiger partial charge in [0.1, 0.15) is 11.3 Å². The fourth-order valence-corrected chi connectivity index (χ4v) is 2.00. The van der Waals surface area contributed by atoms with Crippen LogP contribution in [0.3, 0.4) is 0 Å². The van der Waals surface area contributed by atoms with E-state index in [-0.39, 0.29) is 16.5 Å². The largest absolute Gasteiger partial charge is 0.475 e. The number of nitrogens with one attached hydrogen (secondary N) is 1. The minimum absolute atomic E-state index is 0.281. The number of carbonyl (C=O) groups excluding carboxylic acids is 1. The third kappa shape index (κ3) is 4.46. The van der Waals surface area contributed by atoms with Crippen molar-refractivity contribution in [3.63, 3.8) is 0 Å². The molecule has 0 saturated heterocycles. The van der Waals surface area contributed by atoms with Crippen LogP contribution < -0.4 is 5.32 Å². The molecule has 0 aliphatic rings. The van der Waals surface area contributed by atoms with Crippen molar-refractivity contribution in [1.82, 2.24) is 5.16 Å². The second-order valence-electron chi connectivity index (χ2n) is 5.70. The number of rotatable bonds is 3. The molecule has 0 aliphatic heterocycles. The van der Waals surface area contributed by atoms with Crippen molar-refractivity contribution >= 4 is 29.4 Å². The van der Waals surface area contributed by atoms with Crippen LogP contribution in [0, 0.1) is 0 Å². The fraction of sp³-hybridized carbons (Fsp3) is 0.267. The molecule has 7 nitrogen and oxygen atoms in total. The molecule has 2 rings (SSSR count). The number of hydrogen-bond acceptors (Lipinski definition) is 5. The molecule has 1 amide bonds. The average molecular weight is 339 g/mol. The second kappa shape index (κ2) is 6.29. The van der Waals surface area contributed by atoms with Crippen LogP contribution >= 0.6 is 11.6 Å². The number of carboxylic acids is 1. The van der Waals surface area contributed by atoms with Crippen LogP contribution in [-0.4, -0.2) is 27.9 Å². The van der Waals surface area contributed by atoms with E-state index in [1.807, 2.05) is 0 Å². The van der Waals surface area contributed by atoms with Crippen LogP contribution in [0.2, 0.25) is 5.02 Å². The molecule has 0 saturated carbocycles. The van der Waals surface area contributed by atoms with Crippen molar-refractivity contribution in [2.75, 3.05) is 5.32 Å². The highest BCUT2D eigenvalue weighted by Gasteiger charge is 2.18. The summed E-state index contributed by atoms with van der Waals surface area (Å²) in [7, 11) is 0. The van der Waals surface area contributed by atoms with E-state index in [0.29, 0.717) is 11.3 Å². The number of halogens is 1. The molecule has 0 atom stereocenters. The Morgan fingerprint density at radius 1 is 1.30 bits per heavy atom. The Hall–Kier alpha value is -2.54. The van der Waals surface area contributed by atoms with E-state index in [4.69, 9.17) is 21.4 Å². The van der Waals surface area contributed by atoms with Crippen LogP contribution in [0.5, 0.6) is 0 Å². The lowest BCUT2D eigenvalue weighted by Crippen LogP contribution is -2.27. The Labute approximate surface area is 137 Å². The number of carbonyl (C=O) groups is 2. The minimum atomic E-state index is -1.22. The number of benzene rings is 1. The molecule has 122 valence electrons. The van der Waals surface area contributed by atoms with Gasteiger partial charge in [-0.25, -0.2) is 9.59 Å². The lowest BCUT2D eigenvalue weighted by Gasteiger charge is -2.19. The molecule has 0 spiro atoms. The van der Waals surface area contributed by atoms with Gasteiger partial charge in [0.05, 0.1) is 5.02 Å². The normalized spacial score (nSPS) is 11.1. The first-order valence-corrected chi connectivity index (χ1v) is 7.03. The molecule has 1 aromatic carbocycles. The maximum absolute atomic E-state index is 11.7. The number of nitrogens with zero attached hydrogens (tertiary/aromatic N) is 1. The number of amides is 1. The van der Waals surface area contributed by atoms with E-state index in [9.17, 15) is 9.59 Å². The lowest BCUT2D eigenvalue weighted by molar-refractivity contribution is 0.0630. The molecule has 1 aromatic heterocycles. The van der Waals surface area contributed by atoms with Gasteiger partial charge in [0.2, 0.25) is 5.76 Å². The number of ether oxygens (including phenoxy) is 1. The van der Waals surface area contributed by atoms with E-state index in [1.54, 1.807) is 32.9 Å². The minimum Gasteiger partial charge on any atom is -0.475 e. The molecule has 8 heteroatoms. The predicted molar refractivity (Wildman–Crippen MR) is 83.8 cm³/mol. The van der Waals surface area contributed by atoms with E-state index in [1.165, 1.54) is 12.1 Å². The standard InChI is InChI=1S/C15H15ClN2O5/c1-15(2,3)22-14(21)17-8-4-5-9(10(16)6-8)11-7-12(13(19)20)23-18-11/h4-7H,1-3H3,(H,17,21)(H,19,20). The Bertz CT molecular complexity index is 749. The molecule has 0 unspecified atom stereocenters. The summed E-state index contributed by atoms with van der Waals surface area (Å²) in [5.74, 6) is -1.50. The number of aromatic nitrogens is 1. The van der Waals surface area contributed by atoms with Crippen molar-refractivity contribution in [3.8, 4) is 11.3 Å². The molecule has 0 aliphatic carbocycles. The van der Waals surface area contributed by atoms with Gasteiger partial charge in [-0.15, -0.1) is 0 Å².